The highest BCUT2D eigenvalue weighted by Crippen LogP contribution is 2.29. The molecule has 0 bridgehead atoms. The minimum atomic E-state index is -1.48. The Bertz CT molecular complexity index is 466. The molecule has 20 heavy (non-hydrogen) atoms. The van der Waals surface area contributed by atoms with Gasteiger partial charge in [-0.05, 0) is 24.6 Å². The molecule has 6 nitrogen and oxygen atoms in total. The zero-order chi connectivity index (χ0) is 14.9. The van der Waals surface area contributed by atoms with Crippen LogP contribution in [0.5, 0.6) is 5.75 Å². The van der Waals surface area contributed by atoms with Crippen molar-refractivity contribution in [2.75, 3.05) is 6.61 Å². The molecule has 0 spiro atoms. The van der Waals surface area contributed by atoms with Gasteiger partial charge >= 0.3 is 0 Å². The molecule has 0 amide bonds. The summed E-state index contributed by atoms with van der Waals surface area (Å²) in [6.45, 7) is 1.34. The zero-order valence-electron chi connectivity index (χ0n) is 10.8. The largest absolute Gasteiger partial charge is 0.460 e. The standard InChI is InChI=1S/C13H17ClO6/c1-6-2-3-7(14)8(4-6)19-13-12(18)11(17)10(16)9(5-15)20-13/h2-4,9-13,15-18H,5H2,1H3. The average Bonchev–Trinajstić information content (AvgIpc) is 2.43. The highest BCUT2D eigenvalue weighted by Gasteiger charge is 2.44. The normalized spacial score (nSPS) is 34.0. The molecule has 1 aliphatic rings. The van der Waals surface area contributed by atoms with E-state index in [1.807, 2.05) is 6.92 Å². The Morgan fingerprint density at radius 1 is 1.20 bits per heavy atom. The van der Waals surface area contributed by atoms with Gasteiger partial charge in [0.25, 0.3) is 0 Å². The minimum absolute atomic E-state index is 0.288. The van der Waals surface area contributed by atoms with Gasteiger partial charge < -0.3 is 29.9 Å². The maximum atomic E-state index is 9.86. The molecule has 1 fully saturated rings. The van der Waals surface area contributed by atoms with E-state index in [4.69, 9.17) is 26.2 Å². The second kappa shape index (κ2) is 6.26. The van der Waals surface area contributed by atoms with E-state index < -0.39 is 37.3 Å². The average molecular weight is 305 g/mol. The Kier molecular flexibility index (Phi) is 4.85. The van der Waals surface area contributed by atoms with Gasteiger partial charge in [-0.25, -0.2) is 0 Å². The van der Waals surface area contributed by atoms with Crippen LogP contribution in [0.25, 0.3) is 0 Å². The third-order valence-electron chi connectivity index (χ3n) is 3.18. The number of hydrogen-bond acceptors (Lipinski definition) is 6. The predicted octanol–water partition coefficient (Wildman–Crippen LogP) is -0.173. The van der Waals surface area contributed by atoms with Gasteiger partial charge in [-0.3, -0.25) is 0 Å². The van der Waals surface area contributed by atoms with Crippen LogP contribution in [0.15, 0.2) is 18.2 Å². The molecule has 1 saturated heterocycles. The number of aliphatic hydroxyl groups excluding tert-OH is 4. The number of hydrogen-bond donors (Lipinski definition) is 4. The van der Waals surface area contributed by atoms with Crippen LogP contribution in [0.2, 0.25) is 5.02 Å². The van der Waals surface area contributed by atoms with Crippen LogP contribution < -0.4 is 4.74 Å². The van der Waals surface area contributed by atoms with E-state index in [0.29, 0.717) is 5.02 Å². The van der Waals surface area contributed by atoms with Crippen molar-refractivity contribution < 1.29 is 29.9 Å². The van der Waals surface area contributed by atoms with Gasteiger partial charge in [-0.2, -0.15) is 0 Å². The number of benzene rings is 1. The molecule has 1 aliphatic heterocycles. The van der Waals surface area contributed by atoms with Gasteiger partial charge in [-0.1, -0.05) is 17.7 Å². The fourth-order valence-electron chi connectivity index (χ4n) is 1.99. The molecule has 2 rings (SSSR count). The van der Waals surface area contributed by atoms with Crippen LogP contribution in [-0.2, 0) is 4.74 Å². The number of ether oxygens (including phenoxy) is 2. The number of aliphatic hydroxyl groups is 4. The quantitative estimate of drug-likeness (QED) is 0.619. The van der Waals surface area contributed by atoms with Gasteiger partial charge in [0.2, 0.25) is 6.29 Å². The van der Waals surface area contributed by atoms with Crippen LogP contribution in [0.3, 0.4) is 0 Å². The number of rotatable bonds is 3. The highest BCUT2D eigenvalue weighted by atomic mass is 35.5. The third kappa shape index (κ3) is 3.06. The Balaban J connectivity index is 2.17. The van der Waals surface area contributed by atoms with Crippen molar-refractivity contribution >= 4 is 11.6 Å². The second-order valence-corrected chi connectivity index (χ2v) is 5.16. The molecular weight excluding hydrogens is 288 g/mol. The molecule has 0 saturated carbocycles. The maximum Gasteiger partial charge on any atom is 0.229 e. The van der Waals surface area contributed by atoms with Crippen LogP contribution in [0, 0.1) is 6.92 Å². The van der Waals surface area contributed by atoms with Gasteiger partial charge in [0.1, 0.15) is 30.2 Å². The van der Waals surface area contributed by atoms with Gasteiger partial charge in [0.05, 0.1) is 11.6 Å². The fraction of sp³-hybridized carbons (Fsp3) is 0.538. The van der Waals surface area contributed by atoms with Crippen LogP contribution in [0.4, 0.5) is 0 Å². The fourth-order valence-corrected chi connectivity index (χ4v) is 2.15. The third-order valence-corrected chi connectivity index (χ3v) is 3.49. The summed E-state index contributed by atoms with van der Waals surface area (Å²) in [5, 5.41) is 38.6. The first-order chi connectivity index (χ1) is 9.43. The van der Waals surface area contributed by atoms with E-state index in [0.717, 1.165) is 5.56 Å². The van der Waals surface area contributed by atoms with Crippen molar-refractivity contribution in [1.29, 1.82) is 0 Å². The first kappa shape index (κ1) is 15.5. The molecule has 7 heteroatoms. The maximum absolute atomic E-state index is 9.86. The molecular formula is C13H17ClO6. The van der Waals surface area contributed by atoms with E-state index in [2.05, 4.69) is 0 Å². The van der Waals surface area contributed by atoms with Crippen molar-refractivity contribution in [2.24, 2.45) is 0 Å². The van der Waals surface area contributed by atoms with Crippen molar-refractivity contribution in [1.82, 2.24) is 0 Å². The second-order valence-electron chi connectivity index (χ2n) is 4.75. The Hall–Kier alpha value is -0.890. The lowest BCUT2D eigenvalue weighted by Crippen LogP contribution is -2.60. The molecule has 1 aromatic carbocycles. The molecule has 4 N–H and O–H groups in total. The summed E-state index contributed by atoms with van der Waals surface area (Å²) in [6.07, 6.45) is -6.59. The lowest BCUT2D eigenvalue weighted by atomic mass is 9.99. The van der Waals surface area contributed by atoms with Crippen molar-refractivity contribution in [3.8, 4) is 5.75 Å². The molecule has 5 atom stereocenters. The molecule has 112 valence electrons. The van der Waals surface area contributed by atoms with Crippen molar-refractivity contribution in [3.05, 3.63) is 28.8 Å². The lowest BCUT2D eigenvalue weighted by Gasteiger charge is -2.39. The van der Waals surface area contributed by atoms with Crippen LogP contribution in [0.1, 0.15) is 5.56 Å². The molecule has 0 aromatic heterocycles. The van der Waals surface area contributed by atoms with Gasteiger partial charge in [0, 0.05) is 0 Å². The Labute approximate surface area is 121 Å². The molecule has 1 heterocycles. The Morgan fingerprint density at radius 3 is 2.55 bits per heavy atom. The highest BCUT2D eigenvalue weighted by molar-refractivity contribution is 6.32. The molecule has 5 unspecified atom stereocenters. The van der Waals surface area contributed by atoms with Gasteiger partial charge in [-0.15, -0.1) is 0 Å². The lowest BCUT2D eigenvalue weighted by molar-refractivity contribution is -0.277. The first-order valence-corrected chi connectivity index (χ1v) is 6.55. The number of halogens is 1. The van der Waals surface area contributed by atoms with E-state index in [1.54, 1.807) is 18.2 Å². The summed E-state index contributed by atoms with van der Waals surface area (Å²) in [5.41, 5.74) is 0.897. The smallest absolute Gasteiger partial charge is 0.229 e. The van der Waals surface area contributed by atoms with Crippen molar-refractivity contribution in [3.63, 3.8) is 0 Å². The monoisotopic (exact) mass is 304 g/mol. The van der Waals surface area contributed by atoms with Crippen molar-refractivity contribution in [2.45, 2.75) is 37.6 Å². The van der Waals surface area contributed by atoms with Crippen LogP contribution >= 0.6 is 11.6 Å². The molecule has 0 aliphatic carbocycles. The molecule has 1 aromatic rings. The summed E-state index contributed by atoms with van der Waals surface area (Å²) in [5.74, 6) is 0.288. The summed E-state index contributed by atoms with van der Waals surface area (Å²) >= 11 is 5.98. The minimum Gasteiger partial charge on any atom is -0.460 e. The summed E-state index contributed by atoms with van der Waals surface area (Å²) in [4.78, 5) is 0. The summed E-state index contributed by atoms with van der Waals surface area (Å²) < 4.78 is 10.7. The molecule has 0 radical (unpaired) electrons. The van der Waals surface area contributed by atoms with E-state index >= 15 is 0 Å². The first-order valence-electron chi connectivity index (χ1n) is 6.17. The van der Waals surface area contributed by atoms with Gasteiger partial charge in [0.15, 0.2) is 0 Å². The van der Waals surface area contributed by atoms with E-state index in [1.165, 1.54) is 0 Å². The predicted molar refractivity (Wildman–Crippen MR) is 70.6 cm³/mol. The SMILES string of the molecule is Cc1ccc(Cl)c(OC2OC(CO)C(O)C(O)C2O)c1. The number of aryl methyl sites for hydroxylation is 1. The van der Waals surface area contributed by atoms with E-state index in [-0.39, 0.29) is 5.75 Å². The summed E-state index contributed by atoms with van der Waals surface area (Å²) in [7, 11) is 0. The van der Waals surface area contributed by atoms with E-state index in [9.17, 15) is 15.3 Å². The topological polar surface area (TPSA) is 99.4 Å². The van der Waals surface area contributed by atoms with Crippen LogP contribution in [-0.4, -0.2) is 57.7 Å². The zero-order valence-corrected chi connectivity index (χ0v) is 11.6. The Morgan fingerprint density at radius 2 is 1.90 bits per heavy atom. The summed E-state index contributed by atoms with van der Waals surface area (Å²) in [6, 6.07) is 5.09.